The summed E-state index contributed by atoms with van der Waals surface area (Å²) in [7, 11) is 1.60. The molecular weight excluding hydrogens is 356 g/mol. The molecule has 1 aliphatic rings. The molecule has 0 bridgehead atoms. The maximum atomic E-state index is 12.3. The number of hydrogen-bond acceptors (Lipinski definition) is 4. The molecule has 0 spiro atoms. The van der Waals surface area contributed by atoms with Crippen molar-refractivity contribution in [1.82, 2.24) is 5.32 Å². The third-order valence-corrected chi connectivity index (χ3v) is 5.32. The molecule has 2 aromatic carbocycles. The van der Waals surface area contributed by atoms with E-state index in [1.54, 1.807) is 13.2 Å². The molecule has 1 unspecified atom stereocenters. The Morgan fingerprint density at radius 1 is 1.14 bits per heavy atom. The molecule has 3 rings (SSSR count). The summed E-state index contributed by atoms with van der Waals surface area (Å²) in [5, 5.41) is 16.4. The van der Waals surface area contributed by atoms with Crippen LogP contribution in [-0.4, -0.2) is 30.6 Å². The smallest absolute Gasteiger partial charge is 0.313 e. The van der Waals surface area contributed by atoms with Gasteiger partial charge in [0.2, 0.25) is 0 Å². The molecule has 1 atom stereocenters. The molecule has 2 amide bonds. The van der Waals surface area contributed by atoms with Crippen LogP contribution in [0, 0.1) is 13.8 Å². The first kappa shape index (κ1) is 19.9. The number of para-hydroxylation sites is 1. The van der Waals surface area contributed by atoms with E-state index in [-0.39, 0.29) is 6.54 Å². The number of methoxy groups -OCH3 is 1. The topological polar surface area (TPSA) is 87.7 Å². The summed E-state index contributed by atoms with van der Waals surface area (Å²) in [6.45, 7) is 3.72. The van der Waals surface area contributed by atoms with Gasteiger partial charge in [-0.25, -0.2) is 0 Å². The second kappa shape index (κ2) is 8.02. The first-order valence-corrected chi connectivity index (χ1v) is 9.39. The number of nitrogens with one attached hydrogen (secondary N) is 2. The van der Waals surface area contributed by atoms with Gasteiger partial charge in [-0.15, -0.1) is 0 Å². The van der Waals surface area contributed by atoms with E-state index in [0.717, 1.165) is 40.8 Å². The molecule has 0 saturated heterocycles. The predicted molar refractivity (Wildman–Crippen MR) is 107 cm³/mol. The maximum Gasteiger partial charge on any atom is 0.313 e. The van der Waals surface area contributed by atoms with Gasteiger partial charge in [0.1, 0.15) is 11.4 Å². The summed E-state index contributed by atoms with van der Waals surface area (Å²) in [6.07, 6.45) is 2.15. The Morgan fingerprint density at radius 3 is 2.54 bits per heavy atom. The number of amides is 2. The number of aliphatic hydroxyl groups is 1. The molecule has 6 nitrogen and oxygen atoms in total. The van der Waals surface area contributed by atoms with Crippen molar-refractivity contribution in [3.63, 3.8) is 0 Å². The molecular formula is C22H26N2O4. The van der Waals surface area contributed by atoms with E-state index in [4.69, 9.17) is 4.74 Å². The van der Waals surface area contributed by atoms with Crippen molar-refractivity contribution in [3.05, 3.63) is 58.7 Å². The highest BCUT2D eigenvalue weighted by atomic mass is 16.5. The lowest BCUT2D eigenvalue weighted by atomic mass is 9.79. The third-order valence-electron chi connectivity index (χ3n) is 5.32. The molecule has 0 heterocycles. The van der Waals surface area contributed by atoms with Gasteiger partial charge in [0.15, 0.2) is 0 Å². The summed E-state index contributed by atoms with van der Waals surface area (Å²) >= 11 is 0. The minimum Gasteiger partial charge on any atom is -0.497 e. The lowest BCUT2D eigenvalue weighted by Crippen LogP contribution is -2.46. The van der Waals surface area contributed by atoms with Crippen LogP contribution in [0.2, 0.25) is 0 Å². The van der Waals surface area contributed by atoms with E-state index >= 15 is 0 Å². The van der Waals surface area contributed by atoms with E-state index < -0.39 is 17.4 Å². The molecule has 3 N–H and O–H groups in total. The Morgan fingerprint density at radius 2 is 1.86 bits per heavy atom. The first-order valence-electron chi connectivity index (χ1n) is 9.39. The van der Waals surface area contributed by atoms with Crippen LogP contribution in [0.5, 0.6) is 5.75 Å². The Kier molecular flexibility index (Phi) is 5.70. The van der Waals surface area contributed by atoms with Crippen molar-refractivity contribution < 1.29 is 19.4 Å². The van der Waals surface area contributed by atoms with Gasteiger partial charge < -0.3 is 20.5 Å². The number of rotatable bonds is 4. The zero-order valence-electron chi connectivity index (χ0n) is 16.5. The summed E-state index contributed by atoms with van der Waals surface area (Å²) in [6, 6.07) is 11.2. The lowest BCUT2D eigenvalue weighted by molar-refractivity contribution is -0.137. The zero-order valence-corrected chi connectivity index (χ0v) is 16.5. The second-order valence-corrected chi connectivity index (χ2v) is 7.31. The molecule has 0 saturated carbocycles. The number of anilines is 1. The van der Waals surface area contributed by atoms with Gasteiger partial charge in [0.25, 0.3) is 0 Å². The van der Waals surface area contributed by atoms with E-state index in [1.165, 1.54) is 0 Å². The molecule has 6 heteroatoms. The number of fused-ring (bicyclic) bond motifs is 1. The lowest BCUT2D eigenvalue weighted by Gasteiger charge is -2.34. The number of carbonyl (C=O) groups is 2. The highest BCUT2D eigenvalue weighted by molar-refractivity contribution is 6.39. The monoisotopic (exact) mass is 382 g/mol. The molecule has 148 valence electrons. The number of carbonyl (C=O) groups excluding carboxylic acids is 2. The van der Waals surface area contributed by atoms with Crippen LogP contribution < -0.4 is 15.4 Å². The molecule has 2 aromatic rings. The van der Waals surface area contributed by atoms with Crippen LogP contribution in [0.1, 0.15) is 35.1 Å². The minimum absolute atomic E-state index is 0.0225. The summed E-state index contributed by atoms with van der Waals surface area (Å²) < 4.78 is 5.25. The first-order chi connectivity index (χ1) is 13.3. The number of benzene rings is 2. The van der Waals surface area contributed by atoms with E-state index in [2.05, 4.69) is 10.6 Å². The van der Waals surface area contributed by atoms with Crippen molar-refractivity contribution in [2.24, 2.45) is 0 Å². The van der Waals surface area contributed by atoms with Crippen LogP contribution in [0.15, 0.2) is 36.4 Å². The zero-order chi connectivity index (χ0) is 20.3. The predicted octanol–water partition coefficient (Wildman–Crippen LogP) is 2.59. The fraction of sp³-hybridized carbons (Fsp3) is 0.364. The fourth-order valence-corrected chi connectivity index (χ4v) is 3.74. The molecule has 0 fully saturated rings. The van der Waals surface area contributed by atoms with Gasteiger partial charge in [-0.2, -0.15) is 0 Å². The number of hydrogen-bond donors (Lipinski definition) is 3. The Hall–Kier alpha value is -2.86. The van der Waals surface area contributed by atoms with Gasteiger partial charge in [-0.05, 0) is 67.5 Å². The van der Waals surface area contributed by atoms with Crippen molar-refractivity contribution >= 4 is 17.5 Å². The van der Waals surface area contributed by atoms with Crippen LogP contribution in [-0.2, 0) is 21.6 Å². The van der Waals surface area contributed by atoms with Crippen molar-refractivity contribution in [2.45, 2.75) is 38.7 Å². The van der Waals surface area contributed by atoms with Gasteiger partial charge in [-0.1, -0.05) is 24.3 Å². The largest absolute Gasteiger partial charge is 0.497 e. The molecule has 0 aliphatic heterocycles. The van der Waals surface area contributed by atoms with E-state index in [9.17, 15) is 14.7 Å². The van der Waals surface area contributed by atoms with Crippen LogP contribution in [0.4, 0.5) is 5.69 Å². The van der Waals surface area contributed by atoms with E-state index in [1.807, 2.05) is 44.2 Å². The fourth-order valence-electron chi connectivity index (χ4n) is 3.74. The van der Waals surface area contributed by atoms with Crippen molar-refractivity contribution in [3.8, 4) is 5.75 Å². The number of aryl methyl sites for hydroxylation is 3. The van der Waals surface area contributed by atoms with Crippen molar-refractivity contribution in [2.75, 3.05) is 19.0 Å². The summed E-state index contributed by atoms with van der Waals surface area (Å²) in [4.78, 5) is 24.6. The maximum absolute atomic E-state index is 12.3. The third kappa shape index (κ3) is 4.02. The molecule has 1 aliphatic carbocycles. The second-order valence-electron chi connectivity index (χ2n) is 7.31. The minimum atomic E-state index is -1.20. The molecule has 0 aromatic heterocycles. The molecule has 0 radical (unpaired) electrons. The van der Waals surface area contributed by atoms with Crippen molar-refractivity contribution in [1.29, 1.82) is 0 Å². The summed E-state index contributed by atoms with van der Waals surface area (Å²) in [5.74, 6) is -0.775. The van der Waals surface area contributed by atoms with Crippen LogP contribution in [0.25, 0.3) is 0 Å². The average Bonchev–Trinajstić information content (AvgIpc) is 2.68. The number of ether oxygens (including phenoxy) is 1. The SMILES string of the molecule is COc1ccc2c(c1)CCCC2(O)CNC(=O)C(=O)Nc1c(C)cccc1C. The standard InChI is InChI=1S/C22H26N2O4/c1-14-6-4-7-15(2)19(14)24-21(26)20(25)23-13-22(27)11-5-8-16-12-17(28-3)9-10-18(16)22/h4,6-7,9-10,12,27H,5,8,11,13H2,1-3H3,(H,23,25)(H,24,26). The van der Waals surface area contributed by atoms with Gasteiger partial charge in [0, 0.05) is 5.69 Å². The Labute approximate surface area is 164 Å². The van der Waals surface area contributed by atoms with Crippen LogP contribution >= 0.6 is 0 Å². The molecule has 28 heavy (non-hydrogen) atoms. The Balaban J connectivity index is 1.68. The average molecular weight is 382 g/mol. The van der Waals surface area contributed by atoms with Gasteiger partial charge in [0.05, 0.1) is 13.7 Å². The highest BCUT2D eigenvalue weighted by Crippen LogP contribution is 2.36. The Bertz CT molecular complexity index is 889. The normalized spacial score (nSPS) is 18.1. The quantitative estimate of drug-likeness (QED) is 0.710. The highest BCUT2D eigenvalue weighted by Gasteiger charge is 2.35. The van der Waals surface area contributed by atoms with E-state index in [0.29, 0.717) is 12.1 Å². The van der Waals surface area contributed by atoms with Gasteiger partial charge >= 0.3 is 11.8 Å². The summed E-state index contributed by atoms with van der Waals surface area (Å²) in [5.41, 5.74) is 2.98. The van der Waals surface area contributed by atoms with Crippen LogP contribution in [0.3, 0.4) is 0 Å². The van der Waals surface area contributed by atoms with Gasteiger partial charge in [-0.3, -0.25) is 9.59 Å².